The number of carbonyl (C=O) groups is 1. The normalized spacial score (nSPS) is 38.1. The van der Waals surface area contributed by atoms with Gasteiger partial charge < -0.3 is 5.32 Å². The molecule has 2 nitrogen and oxygen atoms in total. The summed E-state index contributed by atoms with van der Waals surface area (Å²) in [5.41, 5.74) is 0. The summed E-state index contributed by atoms with van der Waals surface area (Å²) in [6.07, 6.45) is 8.82. The van der Waals surface area contributed by atoms with E-state index in [-0.39, 0.29) is 0 Å². The van der Waals surface area contributed by atoms with E-state index in [9.17, 15) is 4.79 Å². The van der Waals surface area contributed by atoms with Gasteiger partial charge in [0.2, 0.25) is 5.91 Å². The predicted octanol–water partition coefficient (Wildman–Crippen LogP) is 3.12. The second kappa shape index (κ2) is 5.20. The van der Waals surface area contributed by atoms with Gasteiger partial charge in [0, 0.05) is 12.0 Å². The Balaban J connectivity index is 1.83. The molecule has 2 aliphatic carbocycles. The Morgan fingerprint density at radius 3 is 2.62 bits per heavy atom. The van der Waals surface area contributed by atoms with Crippen molar-refractivity contribution in [1.82, 2.24) is 5.32 Å². The maximum absolute atomic E-state index is 11.9. The minimum atomic E-state index is 0.334. The lowest BCUT2D eigenvalue weighted by Crippen LogP contribution is -2.42. The predicted molar refractivity (Wildman–Crippen MR) is 66.1 cm³/mol. The molecule has 0 bridgehead atoms. The molecular formula is C14H25NO. The zero-order chi connectivity index (χ0) is 11.5. The van der Waals surface area contributed by atoms with E-state index in [1.54, 1.807) is 0 Å². The van der Waals surface area contributed by atoms with Crippen LogP contribution in [0.25, 0.3) is 0 Å². The van der Waals surface area contributed by atoms with E-state index >= 15 is 0 Å². The van der Waals surface area contributed by atoms with Gasteiger partial charge in [0.1, 0.15) is 0 Å². The standard InChI is InChI=1S/C14H25NO/c1-3-6-11-7-4-5-8-13(11)15-14(16)12-9-10(12)2/h10-13H,3-9H2,1-2H3,(H,15,16)/t10-,11+,12+,13-/m0/s1. The molecular weight excluding hydrogens is 198 g/mol. The maximum atomic E-state index is 11.9. The summed E-state index contributed by atoms with van der Waals surface area (Å²) in [4.78, 5) is 11.9. The van der Waals surface area contributed by atoms with E-state index in [0.29, 0.717) is 23.8 Å². The van der Waals surface area contributed by atoms with Crippen molar-refractivity contribution in [2.24, 2.45) is 17.8 Å². The molecule has 2 fully saturated rings. The number of hydrogen-bond acceptors (Lipinski definition) is 1. The van der Waals surface area contributed by atoms with Crippen molar-refractivity contribution in [3.05, 3.63) is 0 Å². The molecule has 2 saturated carbocycles. The van der Waals surface area contributed by atoms with Gasteiger partial charge in [-0.2, -0.15) is 0 Å². The first-order valence-electron chi connectivity index (χ1n) is 7.02. The van der Waals surface area contributed by atoms with Crippen molar-refractivity contribution in [3.63, 3.8) is 0 Å². The fourth-order valence-corrected chi connectivity index (χ4v) is 3.09. The number of hydrogen-bond donors (Lipinski definition) is 1. The van der Waals surface area contributed by atoms with E-state index in [4.69, 9.17) is 0 Å². The van der Waals surface area contributed by atoms with Crippen LogP contribution in [0.4, 0.5) is 0 Å². The van der Waals surface area contributed by atoms with Gasteiger partial charge in [-0.05, 0) is 37.5 Å². The quantitative estimate of drug-likeness (QED) is 0.779. The molecule has 0 aromatic heterocycles. The third-order valence-corrected chi connectivity index (χ3v) is 4.34. The molecule has 0 aromatic carbocycles. The Kier molecular flexibility index (Phi) is 3.88. The summed E-state index contributed by atoms with van der Waals surface area (Å²) in [6, 6.07) is 0.481. The van der Waals surface area contributed by atoms with Gasteiger partial charge >= 0.3 is 0 Å². The maximum Gasteiger partial charge on any atom is 0.223 e. The summed E-state index contributed by atoms with van der Waals surface area (Å²) in [6.45, 7) is 4.42. The summed E-state index contributed by atoms with van der Waals surface area (Å²) in [5.74, 6) is 2.05. The van der Waals surface area contributed by atoms with Crippen LogP contribution in [0.5, 0.6) is 0 Å². The monoisotopic (exact) mass is 223 g/mol. The van der Waals surface area contributed by atoms with Crippen molar-refractivity contribution < 1.29 is 4.79 Å². The number of amides is 1. The van der Waals surface area contributed by atoms with Crippen LogP contribution in [0.2, 0.25) is 0 Å². The van der Waals surface area contributed by atoms with Crippen LogP contribution in [-0.4, -0.2) is 11.9 Å². The Morgan fingerprint density at radius 1 is 1.31 bits per heavy atom. The SMILES string of the molecule is CCC[C@@H]1CCCC[C@@H]1NC(=O)[C@@H]1C[C@@H]1C. The molecule has 0 aliphatic heterocycles. The summed E-state index contributed by atoms with van der Waals surface area (Å²) in [5, 5.41) is 3.31. The van der Waals surface area contributed by atoms with Gasteiger partial charge in [0.05, 0.1) is 0 Å². The minimum Gasteiger partial charge on any atom is -0.353 e. The van der Waals surface area contributed by atoms with Crippen LogP contribution in [-0.2, 0) is 4.79 Å². The van der Waals surface area contributed by atoms with Crippen molar-refractivity contribution >= 4 is 5.91 Å². The van der Waals surface area contributed by atoms with Crippen LogP contribution in [0.3, 0.4) is 0 Å². The van der Waals surface area contributed by atoms with Crippen LogP contribution < -0.4 is 5.32 Å². The van der Waals surface area contributed by atoms with Gasteiger partial charge in [-0.1, -0.05) is 33.1 Å². The van der Waals surface area contributed by atoms with Gasteiger partial charge in [-0.15, -0.1) is 0 Å². The van der Waals surface area contributed by atoms with E-state index in [2.05, 4.69) is 19.2 Å². The van der Waals surface area contributed by atoms with E-state index < -0.39 is 0 Å². The minimum absolute atomic E-state index is 0.334. The van der Waals surface area contributed by atoms with Crippen molar-refractivity contribution in [2.45, 2.75) is 64.8 Å². The summed E-state index contributed by atoms with van der Waals surface area (Å²) in [7, 11) is 0. The third kappa shape index (κ3) is 2.78. The lowest BCUT2D eigenvalue weighted by atomic mass is 9.82. The highest BCUT2D eigenvalue weighted by atomic mass is 16.2. The molecule has 1 N–H and O–H groups in total. The van der Waals surface area contributed by atoms with Crippen molar-refractivity contribution in [1.29, 1.82) is 0 Å². The fourth-order valence-electron chi connectivity index (χ4n) is 3.09. The second-order valence-corrected chi connectivity index (χ2v) is 5.77. The van der Waals surface area contributed by atoms with Crippen LogP contribution in [0.15, 0.2) is 0 Å². The molecule has 0 saturated heterocycles. The van der Waals surface area contributed by atoms with Gasteiger partial charge in [0.25, 0.3) is 0 Å². The molecule has 0 radical (unpaired) electrons. The van der Waals surface area contributed by atoms with Crippen LogP contribution in [0.1, 0.15) is 58.8 Å². The lowest BCUT2D eigenvalue weighted by molar-refractivity contribution is -0.123. The van der Waals surface area contributed by atoms with Crippen molar-refractivity contribution in [2.75, 3.05) is 0 Å². The molecule has 2 rings (SSSR count). The highest BCUT2D eigenvalue weighted by Gasteiger charge is 2.40. The van der Waals surface area contributed by atoms with Crippen LogP contribution in [0, 0.1) is 17.8 Å². The van der Waals surface area contributed by atoms with E-state index in [0.717, 1.165) is 12.3 Å². The molecule has 1 amide bonds. The average Bonchev–Trinajstić information content (AvgIpc) is 2.99. The Labute approximate surface area is 99.2 Å². The molecule has 92 valence electrons. The van der Waals surface area contributed by atoms with Crippen molar-refractivity contribution in [3.8, 4) is 0 Å². The highest BCUT2D eigenvalue weighted by molar-refractivity contribution is 5.81. The lowest BCUT2D eigenvalue weighted by Gasteiger charge is -2.32. The van der Waals surface area contributed by atoms with E-state index in [1.807, 2.05) is 0 Å². The number of rotatable bonds is 4. The smallest absolute Gasteiger partial charge is 0.223 e. The zero-order valence-corrected chi connectivity index (χ0v) is 10.7. The largest absolute Gasteiger partial charge is 0.353 e. The van der Waals surface area contributed by atoms with Gasteiger partial charge in [0.15, 0.2) is 0 Å². The van der Waals surface area contributed by atoms with E-state index in [1.165, 1.54) is 38.5 Å². The fraction of sp³-hybridized carbons (Fsp3) is 0.929. The topological polar surface area (TPSA) is 29.1 Å². The molecule has 0 heterocycles. The van der Waals surface area contributed by atoms with Gasteiger partial charge in [-0.25, -0.2) is 0 Å². The molecule has 2 aliphatic rings. The molecule has 16 heavy (non-hydrogen) atoms. The average molecular weight is 223 g/mol. The Bertz CT molecular complexity index is 249. The molecule has 4 atom stereocenters. The molecule has 0 aromatic rings. The second-order valence-electron chi connectivity index (χ2n) is 5.77. The molecule has 2 heteroatoms. The Morgan fingerprint density at radius 2 is 2.00 bits per heavy atom. The highest BCUT2D eigenvalue weighted by Crippen LogP contribution is 2.38. The number of nitrogens with one attached hydrogen (secondary N) is 1. The van der Waals surface area contributed by atoms with Crippen LogP contribution >= 0.6 is 0 Å². The number of carbonyl (C=O) groups excluding carboxylic acids is 1. The summed E-state index contributed by atoms with van der Waals surface area (Å²) >= 11 is 0. The first-order valence-corrected chi connectivity index (χ1v) is 7.02. The summed E-state index contributed by atoms with van der Waals surface area (Å²) < 4.78 is 0. The first-order chi connectivity index (χ1) is 7.72. The van der Waals surface area contributed by atoms with Gasteiger partial charge in [-0.3, -0.25) is 4.79 Å². The third-order valence-electron chi connectivity index (χ3n) is 4.34. The molecule has 0 spiro atoms. The first kappa shape index (κ1) is 11.9. The Hall–Kier alpha value is -0.530. The molecule has 0 unspecified atom stereocenters. The zero-order valence-electron chi connectivity index (χ0n) is 10.7.